The molecular weight excluding hydrogens is 488 g/mol. The molecule has 0 unspecified atom stereocenters. The van der Waals surface area contributed by atoms with Crippen LogP contribution >= 0.6 is 0 Å². The maximum absolute atomic E-state index is 15.0. The Balaban J connectivity index is 1.24. The fraction of sp³-hybridized carbons (Fsp3) is 0.758. The molecule has 3 aliphatic carbocycles. The third-order valence-electron chi connectivity index (χ3n) is 9.84. The maximum atomic E-state index is 15.0. The van der Waals surface area contributed by atoms with Crippen LogP contribution in [-0.4, -0.2) is 6.11 Å². The van der Waals surface area contributed by atoms with Crippen LogP contribution in [0.1, 0.15) is 128 Å². The van der Waals surface area contributed by atoms with E-state index in [1.807, 2.05) is 0 Å². The van der Waals surface area contributed by atoms with Gasteiger partial charge in [-0.25, -0.2) is 4.39 Å². The molecule has 1 aromatic carbocycles. The van der Waals surface area contributed by atoms with Gasteiger partial charge in [-0.1, -0.05) is 57.7 Å². The lowest BCUT2D eigenvalue weighted by atomic mass is 9.77. The molecule has 38 heavy (non-hydrogen) atoms. The molecule has 1 nitrogen and oxygen atoms in total. The molecular formula is C33H48F4O. The Morgan fingerprint density at radius 2 is 1.45 bits per heavy atom. The Morgan fingerprint density at radius 3 is 2.11 bits per heavy atom. The molecule has 0 saturated heterocycles. The predicted molar refractivity (Wildman–Crippen MR) is 146 cm³/mol. The second kappa shape index (κ2) is 13.7. The second-order valence-electron chi connectivity index (χ2n) is 12.7. The Kier molecular flexibility index (Phi) is 10.6. The smallest absolute Gasteiger partial charge is 0.400 e. The first-order chi connectivity index (χ1) is 18.3. The molecule has 4 rings (SSSR count). The van der Waals surface area contributed by atoms with E-state index in [1.165, 1.54) is 44.2 Å². The van der Waals surface area contributed by atoms with Crippen LogP contribution < -0.4 is 4.74 Å². The average Bonchev–Trinajstić information content (AvgIpc) is 2.91. The van der Waals surface area contributed by atoms with Crippen molar-refractivity contribution in [2.45, 2.75) is 129 Å². The van der Waals surface area contributed by atoms with Gasteiger partial charge >= 0.3 is 6.11 Å². The van der Waals surface area contributed by atoms with E-state index >= 15 is 8.78 Å². The second-order valence-corrected chi connectivity index (χ2v) is 12.7. The van der Waals surface area contributed by atoms with Crippen LogP contribution in [0.15, 0.2) is 24.3 Å². The number of hydrogen-bond donors (Lipinski definition) is 0. The third kappa shape index (κ3) is 7.78. The molecule has 0 amide bonds. The van der Waals surface area contributed by atoms with Crippen molar-refractivity contribution >= 4 is 0 Å². The normalized spacial score (nSPS) is 31.0. The summed E-state index contributed by atoms with van der Waals surface area (Å²) < 4.78 is 64.7. The van der Waals surface area contributed by atoms with Gasteiger partial charge in [0.15, 0.2) is 11.6 Å². The standard InChI is InChI=1S/C33H48F4O/c1-3-6-24-13-17-27(18-14-24)29-21-22-30(32(35)31(29)34)38-33(36,37)28-19-15-26(16-20-28)8-5-4-7-25-11-9-23(2)10-12-25/h4,7,21-28H,3,5-6,8-20H2,1-2H3/b7-4+. The van der Waals surface area contributed by atoms with Crippen LogP contribution in [0.5, 0.6) is 5.75 Å². The highest BCUT2D eigenvalue weighted by molar-refractivity contribution is 5.33. The third-order valence-corrected chi connectivity index (χ3v) is 9.84. The van der Waals surface area contributed by atoms with Gasteiger partial charge in [0.05, 0.1) is 5.92 Å². The molecule has 3 fully saturated rings. The Bertz CT molecular complexity index is 889. The number of alkyl halides is 2. The molecule has 0 heterocycles. The summed E-state index contributed by atoms with van der Waals surface area (Å²) in [6.07, 6.45) is 16.5. The van der Waals surface area contributed by atoms with E-state index in [1.54, 1.807) is 0 Å². The minimum Gasteiger partial charge on any atom is -0.429 e. The lowest BCUT2D eigenvalue weighted by molar-refractivity contribution is -0.224. The Hall–Kier alpha value is -1.52. The van der Waals surface area contributed by atoms with Crippen molar-refractivity contribution < 1.29 is 22.3 Å². The van der Waals surface area contributed by atoms with Crippen molar-refractivity contribution in [3.63, 3.8) is 0 Å². The number of hydrogen-bond acceptors (Lipinski definition) is 1. The SMILES string of the molecule is CCCC1CCC(c2ccc(OC(F)(F)C3CCC(CC/C=C/C4CCC(C)CC4)CC3)c(F)c2F)CC1. The molecule has 1 aromatic rings. The van der Waals surface area contributed by atoms with Crippen LogP contribution in [0.4, 0.5) is 17.6 Å². The highest BCUT2D eigenvalue weighted by Crippen LogP contribution is 2.44. The quantitative estimate of drug-likeness (QED) is 0.213. The molecule has 0 atom stereocenters. The van der Waals surface area contributed by atoms with Crippen LogP contribution in [0.2, 0.25) is 0 Å². The van der Waals surface area contributed by atoms with Gasteiger partial charge in [0.25, 0.3) is 0 Å². The summed E-state index contributed by atoms with van der Waals surface area (Å²) in [4.78, 5) is 0. The summed E-state index contributed by atoms with van der Waals surface area (Å²) in [5.74, 6) is -1.31. The molecule has 0 aliphatic heterocycles. The highest BCUT2D eigenvalue weighted by atomic mass is 19.3. The maximum Gasteiger partial charge on any atom is 0.400 e. The lowest BCUT2D eigenvalue weighted by Gasteiger charge is -2.33. The zero-order valence-corrected chi connectivity index (χ0v) is 23.5. The van der Waals surface area contributed by atoms with Crippen molar-refractivity contribution in [3.05, 3.63) is 41.5 Å². The summed E-state index contributed by atoms with van der Waals surface area (Å²) in [5, 5.41) is 0. The van der Waals surface area contributed by atoms with E-state index in [9.17, 15) is 8.78 Å². The fourth-order valence-electron chi connectivity index (χ4n) is 7.23. The minimum atomic E-state index is -3.50. The summed E-state index contributed by atoms with van der Waals surface area (Å²) in [6, 6.07) is 2.68. The van der Waals surface area contributed by atoms with E-state index < -0.39 is 29.4 Å². The zero-order chi connectivity index (χ0) is 27.1. The van der Waals surface area contributed by atoms with Gasteiger partial charge in [0.2, 0.25) is 5.82 Å². The van der Waals surface area contributed by atoms with Gasteiger partial charge < -0.3 is 4.74 Å². The molecule has 214 valence electrons. The van der Waals surface area contributed by atoms with Crippen molar-refractivity contribution in [3.8, 4) is 5.75 Å². The lowest BCUT2D eigenvalue weighted by Crippen LogP contribution is -2.37. The molecule has 0 bridgehead atoms. The number of rotatable bonds is 10. The van der Waals surface area contributed by atoms with Crippen molar-refractivity contribution in [2.24, 2.45) is 29.6 Å². The molecule has 5 heteroatoms. The summed E-state index contributed by atoms with van der Waals surface area (Å²) in [7, 11) is 0. The van der Waals surface area contributed by atoms with E-state index in [0.29, 0.717) is 36.2 Å². The van der Waals surface area contributed by atoms with E-state index in [-0.39, 0.29) is 5.92 Å². The van der Waals surface area contributed by atoms with Crippen LogP contribution in [0, 0.1) is 41.2 Å². The summed E-state index contributed by atoms with van der Waals surface area (Å²) >= 11 is 0. The van der Waals surface area contributed by atoms with E-state index in [4.69, 9.17) is 4.74 Å². The van der Waals surface area contributed by atoms with E-state index in [0.717, 1.165) is 63.7 Å². The zero-order valence-electron chi connectivity index (χ0n) is 23.5. The molecule has 0 radical (unpaired) electrons. The monoisotopic (exact) mass is 536 g/mol. The van der Waals surface area contributed by atoms with Gasteiger partial charge in [-0.15, -0.1) is 0 Å². The number of ether oxygens (including phenoxy) is 1. The first-order valence-electron chi connectivity index (χ1n) is 15.5. The van der Waals surface area contributed by atoms with Gasteiger partial charge in [-0.3, -0.25) is 0 Å². The number of halogens is 4. The van der Waals surface area contributed by atoms with Crippen molar-refractivity contribution in [1.82, 2.24) is 0 Å². The van der Waals surface area contributed by atoms with Gasteiger partial charge in [0, 0.05) is 0 Å². The fourth-order valence-corrected chi connectivity index (χ4v) is 7.23. The van der Waals surface area contributed by atoms with Gasteiger partial charge in [-0.2, -0.15) is 13.2 Å². The average molecular weight is 537 g/mol. The van der Waals surface area contributed by atoms with Gasteiger partial charge in [-0.05, 0) is 118 Å². The van der Waals surface area contributed by atoms with Crippen LogP contribution in [-0.2, 0) is 0 Å². The van der Waals surface area contributed by atoms with E-state index in [2.05, 4.69) is 26.0 Å². The molecule has 0 spiro atoms. The Labute approximate surface area is 227 Å². The molecule has 0 aromatic heterocycles. The number of benzene rings is 1. The van der Waals surface area contributed by atoms with Crippen LogP contribution in [0.3, 0.4) is 0 Å². The van der Waals surface area contributed by atoms with Crippen LogP contribution in [0.25, 0.3) is 0 Å². The molecule has 0 N–H and O–H groups in total. The number of allylic oxidation sites excluding steroid dienone is 2. The molecule has 3 aliphatic rings. The first kappa shape index (κ1) is 29.5. The Morgan fingerprint density at radius 1 is 0.816 bits per heavy atom. The summed E-state index contributed by atoms with van der Waals surface area (Å²) in [6.45, 7) is 4.49. The molecule has 3 saturated carbocycles. The predicted octanol–water partition coefficient (Wildman–Crippen LogP) is 11.0. The largest absolute Gasteiger partial charge is 0.429 e. The minimum absolute atomic E-state index is 0.0522. The van der Waals surface area contributed by atoms with Gasteiger partial charge in [0.1, 0.15) is 0 Å². The summed E-state index contributed by atoms with van der Waals surface area (Å²) in [5.41, 5.74) is 0.306. The van der Waals surface area contributed by atoms with Crippen molar-refractivity contribution in [2.75, 3.05) is 0 Å². The highest BCUT2D eigenvalue weighted by Gasteiger charge is 2.44. The topological polar surface area (TPSA) is 9.23 Å². The van der Waals surface area contributed by atoms with Crippen molar-refractivity contribution in [1.29, 1.82) is 0 Å². The first-order valence-corrected chi connectivity index (χ1v) is 15.5.